The van der Waals surface area contributed by atoms with Crippen LogP contribution in [0.3, 0.4) is 0 Å². The molecule has 1 fully saturated rings. The minimum Gasteiger partial charge on any atom is -0.445 e. The van der Waals surface area contributed by atoms with Crippen LogP contribution < -0.4 is 0 Å². The van der Waals surface area contributed by atoms with Gasteiger partial charge in [-0.1, -0.05) is 37.2 Å². The molecule has 2 atom stereocenters. The first-order valence-electron chi connectivity index (χ1n) is 7.19. The molecule has 126 valence electrons. The van der Waals surface area contributed by atoms with Gasteiger partial charge in [0.05, 0.1) is 12.6 Å². The van der Waals surface area contributed by atoms with E-state index in [2.05, 4.69) is 37.6 Å². The van der Waals surface area contributed by atoms with Crippen LogP contribution in [0.25, 0.3) is 0 Å². The van der Waals surface area contributed by atoms with Crippen molar-refractivity contribution in [3.63, 3.8) is 0 Å². The van der Waals surface area contributed by atoms with Crippen molar-refractivity contribution in [1.29, 1.82) is 0 Å². The van der Waals surface area contributed by atoms with E-state index < -0.39 is 12.2 Å². The summed E-state index contributed by atoms with van der Waals surface area (Å²) in [5.74, 6) is 5.88. The molecule has 0 aromatic rings. The van der Waals surface area contributed by atoms with Gasteiger partial charge in [0.1, 0.15) is 13.2 Å². The van der Waals surface area contributed by atoms with Crippen LogP contribution in [0, 0.1) is 11.8 Å². The van der Waals surface area contributed by atoms with Crippen LogP contribution in [0.2, 0.25) is 0 Å². The zero-order chi connectivity index (χ0) is 17.2. The third kappa shape index (κ3) is 6.28. The molecule has 23 heavy (non-hydrogen) atoms. The normalized spacial score (nSPS) is 19.3. The Morgan fingerprint density at radius 1 is 1.35 bits per heavy atom. The maximum absolute atomic E-state index is 11.9. The number of thiol groups is 1. The van der Waals surface area contributed by atoms with Gasteiger partial charge in [-0.25, -0.2) is 9.59 Å². The third-order valence-corrected chi connectivity index (χ3v) is 3.43. The average molecular weight is 338 g/mol. The van der Waals surface area contributed by atoms with Crippen LogP contribution in [0.15, 0.2) is 25.3 Å². The van der Waals surface area contributed by atoms with Crippen molar-refractivity contribution in [2.24, 2.45) is 0 Å². The molecule has 0 bridgehead atoms. The Morgan fingerprint density at radius 3 is 2.65 bits per heavy atom. The van der Waals surface area contributed by atoms with E-state index in [-0.39, 0.29) is 31.1 Å². The summed E-state index contributed by atoms with van der Waals surface area (Å²) in [4.78, 5) is 26.4. The highest BCUT2D eigenvalue weighted by Crippen LogP contribution is 2.22. The van der Waals surface area contributed by atoms with Crippen LogP contribution in [-0.4, -0.2) is 66.6 Å². The summed E-state index contributed by atoms with van der Waals surface area (Å²) in [6.07, 6.45) is 2.76. The van der Waals surface area contributed by atoms with Gasteiger partial charge in [-0.15, -0.1) is 0 Å². The number of likely N-dealkylation sites (tertiary alicyclic amines) is 1. The summed E-state index contributed by atoms with van der Waals surface area (Å²) in [6.45, 7) is 7.98. The predicted octanol–water partition coefficient (Wildman–Crippen LogP) is 1.94. The first-order valence-corrected chi connectivity index (χ1v) is 7.70. The molecule has 1 saturated heterocycles. The lowest BCUT2D eigenvalue weighted by Crippen LogP contribution is -2.35. The number of ether oxygens (including phenoxy) is 2. The molecule has 1 rings (SSSR count). The van der Waals surface area contributed by atoms with Crippen molar-refractivity contribution in [2.45, 2.75) is 17.7 Å². The number of carbonyl (C=O) groups excluding carboxylic acids is 2. The smallest absolute Gasteiger partial charge is 0.411 e. The van der Waals surface area contributed by atoms with Crippen LogP contribution >= 0.6 is 12.6 Å². The van der Waals surface area contributed by atoms with Gasteiger partial charge >= 0.3 is 12.2 Å². The lowest BCUT2D eigenvalue weighted by atomic mass is 10.2. The molecule has 6 nitrogen and oxygen atoms in total. The summed E-state index contributed by atoms with van der Waals surface area (Å²) in [5, 5.41) is 0.0564. The van der Waals surface area contributed by atoms with Gasteiger partial charge in [-0.05, 0) is 6.42 Å². The van der Waals surface area contributed by atoms with E-state index in [9.17, 15) is 9.59 Å². The van der Waals surface area contributed by atoms with Gasteiger partial charge in [0.2, 0.25) is 0 Å². The summed E-state index contributed by atoms with van der Waals surface area (Å²) in [7, 11) is 1.59. The first kappa shape index (κ1) is 19.0. The zero-order valence-corrected chi connectivity index (χ0v) is 14.1. The van der Waals surface area contributed by atoms with Crippen molar-refractivity contribution in [1.82, 2.24) is 9.80 Å². The molecule has 1 aliphatic heterocycles. The Kier molecular flexibility index (Phi) is 8.13. The highest BCUT2D eigenvalue weighted by Gasteiger charge is 2.33. The molecular weight excluding hydrogens is 316 g/mol. The van der Waals surface area contributed by atoms with E-state index in [1.54, 1.807) is 11.9 Å². The van der Waals surface area contributed by atoms with Crippen LogP contribution in [0.5, 0.6) is 0 Å². The topological polar surface area (TPSA) is 59.1 Å². The van der Waals surface area contributed by atoms with Gasteiger partial charge in [0, 0.05) is 18.8 Å². The summed E-state index contributed by atoms with van der Waals surface area (Å²) in [5.41, 5.74) is 0. The SMILES string of the molecule is C=CCOC(=O)N(C)CC#C[C@@H]1C[C@H](S)CN1C(=O)OCC=C. The predicted molar refractivity (Wildman–Crippen MR) is 91.4 cm³/mol. The third-order valence-electron chi connectivity index (χ3n) is 3.06. The zero-order valence-electron chi connectivity index (χ0n) is 13.2. The van der Waals surface area contributed by atoms with Crippen molar-refractivity contribution in [3.8, 4) is 11.8 Å². The highest BCUT2D eigenvalue weighted by molar-refractivity contribution is 7.81. The maximum Gasteiger partial charge on any atom is 0.411 e. The lowest BCUT2D eigenvalue weighted by Gasteiger charge is -2.19. The standard InChI is InChI=1S/C16H22N2O4S/c1-4-9-21-15(19)17(3)8-6-7-13-11-14(23)12-18(13)16(20)22-10-5-2/h4-5,13-14,23H,1-2,8-12H2,3H3/t13-,14+/m1/s1. The monoisotopic (exact) mass is 338 g/mol. The maximum atomic E-state index is 11.9. The van der Waals surface area contributed by atoms with Gasteiger partial charge in [-0.3, -0.25) is 4.90 Å². The number of rotatable bonds is 5. The summed E-state index contributed by atoms with van der Waals surface area (Å²) >= 11 is 4.40. The first-order chi connectivity index (χ1) is 11.0. The minimum atomic E-state index is -0.472. The van der Waals surface area contributed by atoms with Gasteiger partial charge in [0.15, 0.2) is 0 Å². The molecule has 0 aromatic heterocycles. The number of hydrogen-bond donors (Lipinski definition) is 1. The molecule has 1 heterocycles. The fraction of sp³-hybridized carbons (Fsp3) is 0.500. The molecule has 0 N–H and O–H groups in total. The molecule has 0 aromatic carbocycles. The van der Waals surface area contributed by atoms with E-state index in [1.807, 2.05) is 0 Å². The summed E-state index contributed by atoms with van der Waals surface area (Å²) < 4.78 is 9.93. The van der Waals surface area contributed by atoms with Gasteiger partial charge in [-0.2, -0.15) is 12.6 Å². The second-order valence-electron chi connectivity index (χ2n) is 4.97. The largest absolute Gasteiger partial charge is 0.445 e. The molecule has 1 aliphatic rings. The van der Waals surface area contributed by atoms with Crippen molar-refractivity contribution in [2.75, 3.05) is 33.4 Å². The average Bonchev–Trinajstić information content (AvgIpc) is 2.90. The van der Waals surface area contributed by atoms with E-state index in [4.69, 9.17) is 9.47 Å². The van der Waals surface area contributed by atoms with Gasteiger partial charge in [0.25, 0.3) is 0 Å². The number of nitrogens with zero attached hydrogens (tertiary/aromatic N) is 2. The number of hydrogen-bond acceptors (Lipinski definition) is 5. The molecule has 7 heteroatoms. The molecule has 0 spiro atoms. The molecule has 0 radical (unpaired) electrons. The van der Waals surface area contributed by atoms with Crippen molar-refractivity contribution in [3.05, 3.63) is 25.3 Å². The van der Waals surface area contributed by atoms with Crippen LogP contribution in [-0.2, 0) is 9.47 Å². The van der Waals surface area contributed by atoms with Crippen LogP contribution in [0.1, 0.15) is 6.42 Å². The van der Waals surface area contributed by atoms with E-state index in [0.717, 1.165) is 0 Å². The second kappa shape index (κ2) is 9.85. The van der Waals surface area contributed by atoms with Crippen LogP contribution in [0.4, 0.5) is 9.59 Å². The number of carbonyl (C=O) groups is 2. The minimum absolute atomic E-state index is 0.0564. The lowest BCUT2D eigenvalue weighted by molar-refractivity contribution is 0.115. The van der Waals surface area contributed by atoms with Crippen molar-refractivity contribution < 1.29 is 19.1 Å². The Morgan fingerprint density at radius 2 is 2.00 bits per heavy atom. The fourth-order valence-corrected chi connectivity index (χ4v) is 2.33. The molecule has 0 aliphatic carbocycles. The quantitative estimate of drug-likeness (QED) is 0.473. The Balaban J connectivity index is 2.56. The van der Waals surface area contributed by atoms with Crippen molar-refractivity contribution >= 4 is 24.8 Å². The summed E-state index contributed by atoms with van der Waals surface area (Å²) in [6, 6.07) is -0.271. The molecule has 0 saturated carbocycles. The van der Waals surface area contributed by atoms with E-state index >= 15 is 0 Å². The van der Waals surface area contributed by atoms with E-state index in [1.165, 1.54) is 17.1 Å². The second-order valence-corrected chi connectivity index (χ2v) is 5.70. The highest BCUT2D eigenvalue weighted by atomic mass is 32.1. The fourth-order valence-electron chi connectivity index (χ4n) is 1.95. The Hall–Kier alpha value is -2.07. The molecule has 2 amide bonds. The Labute approximate surface area is 142 Å². The molecule has 0 unspecified atom stereocenters. The Bertz CT molecular complexity index is 512. The van der Waals surface area contributed by atoms with Gasteiger partial charge < -0.3 is 14.4 Å². The van der Waals surface area contributed by atoms with E-state index in [0.29, 0.717) is 13.0 Å². The molecular formula is C16H22N2O4S. The number of amides is 2.